The predicted molar refractivity (Wildman–Crippen MR) is 68.8 cm³/mol. The van der Waals surface area contributed by atoms with Crippen LogP contribution in [0.1, 0.15) is 12.8 Å². The highest BCUT2D eigenvalue weighted by Crippen LogP contribution is 2.28. The van der Waals surface area contributed by atoms with Crippen molar-refractivity contribution >= 4 is 15.9 Å². The van der Waals surface area contributed by atoms with Gasteiger partial charge in [0.15, 0.2) is 0 Å². The van der Waals surface area contributed by atoms with Crippen LogP contribution in [0.2, 0.25) is 0 Å². The number of rotatable bonds is 3. The minimum Gasteiger partial charge on any atom is -0.490 e. The van der Waals surface area contributed by atoms with Crippen LogP contribution in [0, 0.1) is 0 Å². The topological polar surface area (TPSA) is 35.0 Å². The quantitative estimate of drug-likeness (QED) is 0.812. The van der Waals surface area contributed by atoms with Crippen LogP contribution in [0.3, 0.4) is 0 Å². The summed E-state index contributed by atoms with van der Waals surface area (Å²) in [7, 11) is 0. The number of benzene rings is 1. The molecule has 1 aliphatic rings. The fraction of sp³-hybridized carbons (Fsp3) is 0.231. The molecule has 17 heavy (non-hydrogen) atoms. The van der Waals surface area contributed by atoms with E-state index < -0.39 is 0 Å². The molecule has 86 valence electrons. The molecule has 0 amide bonds. The van der Waals surface area contributed by atoms with E-state index in [9.17, 15) is 0 Å². The van der Waals surface area contributed by atoms with Gasteiger partial charge in [-0.3, -0.25) is 0 Å². The van der Waals surface area contributed by atoms with Crippen LogP contribution >= 0.6 is 15.9 Å². The Morgan fingerprint density at radius 2 is 1.88 bits per heavy atom. The SMILES string of the molecule is Brc1cc(-c2ccc(OC3CC3)cc2)ncn1. The predicted octanol–water partition coefficient (Wildman–Crippen LogP) is 3.45. The maximum Gasteiger partial charge on any atom is 0.119 e. The fourth-order valence-electron chi connectivity index (χ4n) is 1.57. The molecule has 0 unspecified atom stereocenters. The van der Waals surface area contributed by atoms with Gasteiger partial charge in [-0.25, -0.2) is 9.97 Å². The van der Waals surface area contributed by atoms with E-state index in [-0.39, 0.29) is 0 Å². The molecule has 3 nitrogen and oxygen atoms in total. The highest BCUT2D eigenvalue weighted by molar-refractivity contribution is 9.10. The number of hydrogen-bond acceptors (Lipinski definition) is 3. The second-order valence-corrected chi connectivity index (χ2v) is 4.88. The number of ether oxygens (including phenoxy) is 1. The van der Waals surface area contributed by atoms with Gasteiger partial charge >= 0.3 is 0 Å². The summed E-state index contributed by atoms with van der Waals surface area (Å²) in [4.78, 5) is 8.24. The summed E-state index contributed by atoms with van der Waals surface area (Å²) in [6.07, 6.45) is 4.35. The molecular weight excluding hydrogens is 280 g/mol. The molecule has 1 aromatic heterocycles. The van der Waals surface area contributed by atoms with Gasteiger partial charge in [0.2, 0.25) is 0 Å². The molecule has 4 heteroatoms. The molecule has 0 aliphatic heterocycles. The molecule has 3 rings (SSSR count). The zero-order chi connectivity index (χ0) is 11.7. The van der Waals surface area contributed by atoms with Crippen LogP contribution in [0.4, 0.5) is 0 Å². The molecule has 0 saturated heterocycles. The molecular formula is C13H11BrN2O. The number of hydrogen-bond donors (Lipinski definition) is 0. The lowest BCUT2D eigenvalue weighted by atomic mass is 10.1. The summed E-state index contributed by atoms with van der Waals surface area (Å²) < 4.78 is 6.49. The van der Waals surface area contributed by atoms with Crippen LogP contribution in [0.25, 0.3) is 11.3 Å². The Labute approximate surface area is 108 Å². The lowest BCUT2D eigenvalue weighted by molar-refractivity contribution is 0.303. The van der Waals surface area contributed by atoms with E-state index in [4.69, 9.17) is 4.74 Å². The standard InChI is InChI=1S/C13H11BrN2O/c14-13-7-12(15-8-16-13)9-1-3-10(4-2-9)17-11-5-6-11/h1-4,7-8,11H,5-6H2. The van der Waals surface area contributed by atoms with E-state index in [1.165, 1.54) is 12.8 Å². The Morgan fingerprint density at radius 3 is 2.53 bits per heavy atom. The normalized spacial score (nSPS) is 14.6. The third-order valence-corrected chi connectivity index (χ3v) is 3.04. The molecule has 0 N–H and O–H groups in total. The molecule has 0 atom stereocenters. The molecule has 0 bridgehead atoms. The Kier molecular flexibility index (Phi) is 2.81. The van der Waals surface area contributed by atoms with Gasteiger partial charge in [0.05, 0.1) is 11.8 Å². The second-order valence-electron chi connectivity index (χ2n) is 4.07. The van der Waals surface area contributed by atoms with Crippen LogP contribution < -0.4 is 4.74 Å². The molecule has 1 aliphatic carbocycles. The summed E-state index contributed by atoms with van der Waals surface area (Å²) >= 11 is 3.34. The van der Waals surface area contributed by atoms with Crippen molar-refractivity contribution in [1.82, 2.24) is 9.97 Å². The van der Waals surface area contributed by atoms with Crippen molar-refractivity contribution in [3.05, 3.63) is 41.3 Å². The zero-order valence-corrected chi connectivity index (χ0v) is 10.7. The van der Waals surface area contributed by atoms with E-state index in [0.717, 1.165) is 21.6 Å². The highest BCUT2D eigenvalue weighted by Gasteiger charge is 2.23. The van der Waals surface area contributed by atoms with Gasteiger partial charge in [-0.05, 0) is 59.1 Å². The first kappa shape index (κ1) is 10.7. The van der Waals surface area contributed by atoms with Crippen molar-refractivity contribution in [1.29, 1.82) is 0 Å². The Balaban J connectivity index is 1.83. The van der Waals surface area contributed by atoms with Crippen molar-refractivity contribution in [3.8, 4) is 17.0 Å². The van der Waals surface area contributed by atoms with Crippen LogP contribution in [-0.4, -0.2) is 16.1 Å². The summed E-state index contributed by atoms with van der Waals surface area (Å²) in [6, 6.07) is 9.92. The molecule has 2 aromatic rings. The van der Waals surface area contributed by atoms with E-state index in [2.05, 4.69) is 25.9 Å². The zero-order valence-electron chi connectivity index (χ0n) is 9.14. The minimum atomic E-state index is 0.439. The lowest BCUT2D eigenvalue weighted by Gasteiger charge is -2.05. The highest BCUT2D eigenvalue weighted by atomic mass is 79.9. The third-order valence-electron chi connectivity index (χ3n) is 2.61. The summed E-state index contributed by atoms with van der Waals surface area (Å²) in [5, 5.41) is 0. The van der Waals surface area contributed by atoms with Gasteiger partial charge in [-0.1, -0.05) is 0 Å². The van der Waals surface area contributed by atoms with Gasteiger partial charge in [0.1, 0.15) is 16.7 Å². The first-order valence-corrected chi connectivity index (χ1v) is 6.35. The average molecular weight is 291 g/mol. The van der Waals surface area contributed by atoms with Crippen molar-refractivity contribution in [3.63, 3.8) is 0 Å². The van der Waals surface area contributed by atoms with Crippen molar-refractivity contribution in [2.45, 2.75) is 18.9 Å². The van der Waals surface area contributed by atoms with E-state index in [1.807, 2.05) is 30.3 Å². The third kappa shape index (κ3) is 2.64. The molecule has 1 saturated carbocycles. The molecule has 1 aromatic carbocycles. The van der Waals surface area contributed by atoms with E-state index in [1.54, 1.807) is 6.33 Å². The molecule has 0 spiro atoms. The first-order valence-electron chi connectivity index (χ1n) is 5.56. The Morgan fingerprint density at radius 1 is 1.12 bits per heavy atom. The maximum absolute atomic E-state index is 5.70. The first-order chi connectivity index (χ1) is 8.31. The largest absolute Gasteiger partial charge is 0.490 e. The van der Waals surface area contributed by atoms with E-state index in [0.29, 0.717) is 6.10 Å². The number of nitrogens with zero attached hydrogens (tertiary/aromatic N) is 2. The van der Waals surface area contributed by atoms with Crippen molar-refractivity contribution in [2.75, 3.05) is 0 Å². The van der Waals surface area contributed by atoms with Gasteiger partial charge < -0.3 is 4.74 Å². The van der Waals surface area contributed by atoms with Crippen molar-refractivity contribution < 1.29 is 4.74 Å². The Hall–Kier alpha value is -1.42. The minimum absolute atomic E-state index is 0.439. The van der Waals surface area contributed by atoms with Gasteiger partial charge in [-0.2, -0.15) is 0 Å². The molecule has 0 radical (unpaired) electrons. The van der Waals surface area contributed by atoms with Gasteiger partial charge in [-0.15, -0.1) is 0 Å². The van der Waals surface area contributed by atoms with Crippen LogP contribution in [0.5, 0.6) is 5.75 Å². The van der Waals surface area contributed by atoms with Crippen LogP contribution in [-0.2, 0) is 0 Å². The van der Waals surface area contributed by atoms with Gasteiger partial charge in [0, 0.05) is 5.56 Å². The second kappa shape index (κ2) is 4.45. The maximum atomic E-state index is 5.70. The summed E-state index contributed by atoms with van der Waals surface area (Å²) in [5.41, 5.74) is 1.97. The Bertz CT molecular complexity index is 523. The number of halogens is 1. The lowest BCUT2D eigenvalue weighted by Crippen LogP contribution is -1.95. The monoisotopic (exact) mass is 290 g/mol. The van der Waals surface area contributed by atoms with Crippen LogP contribution in [0.15, 0.2) is 41.3 Å². The molecule has 1 fully saturated rings. The van der Waals surface area contributed by atoms with E-state index >= 15 is 0 Å². The fourth-order valence-corrected chi connectivity index (χ4v) is 1.88. The van der Waals surface area contributed by atoms with Gasteiger partial charge in [0.25, 0.3) is 0 Å². The number of aromatic nitrogens is 2. The summed E-state index contributed by atoms with van der Waals surface area (Å²) in [6.45, 7) is 0. The molecule has 1 heterocycles. The summed E-state index contributed by atoms with van der Waals surface area (Å²) in [5.74, 6) is 0.935. The van der Waals surface area contributed by atoms with Crippen molar-refractivity contribution in [2.24, 2.45) is 0 Å². The average Bonchev–Trinajstić information content (AvgIpc) is 3.14. The smallest absolute Gasteiger partial charge is 0.119 e.